The normalized spacial score (nSPS) is 22.7. The number of fused-ring (bicyclic) bond motifs is 1. The number of sulfonamides is 1. The van der Waals surface area contributed by atoms with Crippen LogP contribution in [0.2, 0.25) is 0 Å². The van der Waals surface area contributed by atoms with Gasteiger partial charge in [-0.15, -0.1) is 0 Å². The van der Waals surface area contributed by atoms with Crippen molar-refractivity contribution in [3.05, 3.63) is 36.5 Å². The van der Waals surface area contributed by atoms with Gasteiger partial charge in [0.15, 0.2) is 0 Å². The summed E-state index contributed by atoms with van der Waals surface area (Å²) in [6, 6.07) is 9.84. The highest BCUT2D eigenvalue weighted by atomic mass is 32.2. The van der Waals surface area contributed by atoms with Crippen LogP contribution in [-0.4, -0.2) is 97.0 Å². The average molecular weight is 564 g/mol. The molecule has 10 heteroatoms. The van der Waals surface area contributed by atoms with Crippen LogP contribution in [-0.2, 0) is 10.0 Å². The van der Waals surface area contributed by atoms with Gasteiger partial charge in [-0.25, -0.2) is 13.1 Å². The molecule has 0 aliphatic carbocycles. The van der Waals surface area contributed by atoms with Crippen molar-refractivity contribution in [3.8, 4) is 0 Å². The molecule has 220 valence electrons. The maximum atomic E-state index is 12.7. The van der Waals surface area contributed by atoms with Crippen LogP contribution in [0.15, 0.2) is 41.4 Å². The van der Waals surface area contributed by atoms with Crippen molar-refractivity contribution in [1.82, 2.24) is 19.5 Å². The lowest BCUT2D eigenvalue weighted by atomic mass is 9.99. The van der Waals surface area contributed by atoms with Crippen LogP contribution in [0, 0.1) is 0 Å². The van der Waals surface area contributed by atoms with Gasteiger partial charge in [0.1, 0.15) is 4.90 Å². The fourth-order valence-electron chi connectivity index (χ4n) is 5.78. The number of aliphatic hydroxyl groups excluding tert-OH is 2. The predicted octanol–water partition coefficient (Wildman–Crippen LogP) is 2.71. The topological polar surface area (TPSA) is 132 Å². The number of likely N-dealkylation sites (tertiary alicyclic amines) is 2. The molecular weight excluding hydrogens is 514 g/mol. The fourth-order valence-corrected chi connectivity index (χ4v) is 7.03. The minimum absolute atomic E-state index is 0.00150. The Morgan fingerprint density at radius 3 is 2.13 bits per heavy atom. The molecule has 0 bridgehead atoms. The molecule has 39 heavy (non-hydrogen) atoms. The smallest absolute Gasteiger partial charge is 0.242 e. The molecule has 2 aliphatic rings. The van der Waals surface area contributed by atoms with Crippen molar-refractivity contribution >= 4 is 20.9 Å². The van der Waals surface area contributed by atoms with Crippen LogP contribution in [0.5, 0.6) is 0 Å². The summed E-state index contributed by atoms with van der Waals surface area (Å²) in [5, 5.41) is 20.6. The number of piperidine rings is 2. The highest BCUT2D eigenvalue weighted by Crippen LogP contribution is 2.22. The van der Waals surface area contributed by atoms with E-state index >= 15 is 0 Å². The van der Waals surface area contributed by atoms with E-state index in [4.69, 9.17) is 5.73 Å². The second-order valence-electron chi connectivity index (χ2n) is 10.8. The van der Waals surface area contributed by atoms with Gasteiger partial charge in [-0.1, -0.05) is 44.9 Å². The minimum atomic E-state index is -3.73. The lowest BCUT2D eigenvalue weighted by Crippen LogP contribution is -2.46. The van der Waals surface area contributed by atoms with Crippen molar-refractivity contribution < 1.29 is 18.6 Å². The third-order valence-electron chi connectivity index (χ3n) is 8.00. The van der Waals surface area contributed by atoms with Crippen molar-refractivity contribution in [2.24, 2.45) is 5.73 Å². The predicted molar refractivity (Wildman–Crippen MR) is 157 cm³/mol. The van der Waals surface area contributed by atoms with Crippen LogP contribution >= 0.6 is 0 Å². The molecule has 1 aromatic heterocycles. The molecule has 2 aromatic rings. The van der Waals surface area contributed by atoms with Crippen molar-refractivity contribution in [2.75, 3.05) is 39.3 Å². The summed E-state index contributed by atoms with van der Waals surface area (Å²) >= 11 is 0. The molecule has 5 N–H and O–H groups in total. The molecule has 3 heterocycles. The summed E-state index contributed by atoms with van der Waals surface area (Å²) < 4.78 is 27.9. The van der Waals surface area contributed by atoms with E-state index in [1.165, 1.54) is 32.1 Å². The van der Waals surface area contributed by atoms with Gasteiger partial charge in [-0.05, 0) is 63.7 Å². The molecule has 1 aromatic carbocycles. The van der Waals surface area contributed by atoms with Crippen LogP contribution < -0.4 is 10.5 Å². The minimum Gasteiger partial charge on any atom is -0.390 e. The Balaban J connectivity index is 0.000000272. The molecule has 9 nitrogen and oxygen atoms in total. The van der Waals surface area contributed by atoms with Gasteiger partial charge in [0.2, 0.25) is 10.0 Å². The van der Waals surface area contributed by atoms with Crippen molar-refractivity contribution in [1.29, 1.82) is 0 Å². The number of nitrogens with zero attached hydrogens (tertiary/aromatic N) is 3. The van der Waals surface area contributed by atoms with Crippen LogP contribution in [0.4, 0.5) is 0 Å². The molecule has 2 saturated heterocycles. The first-order valence-corrected chi connectivity index (χ1v) is 16.1. The van der Waals surface area contributed by atoms with E-state index in [0.717, 1.165) is 44.3 Å². The molecule has 4 atom stereocenters. The molecule has 0 amide bonds. The van der Waals surface area contributed by atoms with Crippen molar-refractivity contribution in [3.63, 3.8) is 0 Å². The first-order chi connectivity index (χ1) is 18.8. The zero-order valence-corrected chi connectivity index (χ0v) is 24.5. The molecule has 2 aliphatic heterocycles. The zero-order chi connectivity index (χ0) is 28.3. The Morgan fingerprint density at radius 2 is 1.54 bits per heavy atom. The lowest BCUT2D eigenvalue weighted by molar-refractivity contribution is 0.0683. The number of rotatable bonds is 11. The lowest BCUT2D eigenvalue weighted by Gasteiger charge is -2.36. The van der Waals surface area contributed by atoms with Gasteiger partial charge in [0.05, 0.1) is 17.7 Å². The zero-order valence-electron chi connectivity index (χ0n) is 23.7. The van der Waals surface area contributed by atoms with Gasteiger partial charge >= 0.3 is 0 Å². The van der Waals surface area contributed by atoms with Crippen molar-refractivity contribution in [2.45, 2.75) is 94.4 Å². The van der Waals surface area contributed by atoms with E-state index < -0.39 is 16.1 Å². The first kappa shape index (κ1) is 31.9. The number of hydrogen-bond donors (Lipinski definition) is 4. The average Bonchev–Trinajstić information content (AvgIpc) is 2.96. The number of aromatic nitrogens is 1. The van der Waals surface area contributed by atoms with E-state index in [0.29, 0.717) is 30.7 Å². The number of para-hydroxylation sites is 1. The summed E-state index contributed by atoms with van der Waals surface area (Å²) in [5.74, 6) is 0. The van der Waals surface area contributed by atoms with Crippen LogP contribution in [0.3, 0.4) is 0 Å². The van der Waals surface area contributed by atoms with E-state index in [-0.39, 0.29) is 17.5 Å². The van der Waals surface area contributed by atoms with Crippen LogP contribution in [0.1, 0.15) is 65.2 Å². The quantitative estimate of drug-likeness (QED) is 0.328. The van der Waals surface area contributed by atoms with Gasteiger partial charge in [-0.3, -0.25) is 14.8 Å². The second-order valence-corrected chi connectivity index (χ2v) is 12.6. The fraction of sp³-hybridized carbons (Fsp3) is 0.690. The number of nitrogens with two attached hydrogens (primary N) is 1. The number of β-amino-alcohol motifs (C(OH)–C–C–N with tert-alkyl or cyclic N) is 2. The Bertz CT molecular complexity index is 1100. The van der Waals surface area contributed by atoms with Gasteiger partial charge in [0, 0.05) is 49.8 Å². The number of benzene rings is 1. The molecule has 4 rings (SSSR count). The molecule has 2 fully saturated rings. The van der Waals surface area contributed by atoms with Crippen LogP contribution in [0.25, 0.3) is 10.9 Å². The summed E-state index contributed by atoms with van der Waals surface area (Å²) in [6.45, 7) is 8.11. The van der Waals surface area contributed by atoms with Gasteiger partial charge < -0.3 is 15.9 Å². The summed E-state index contributed by atoms with van der Waals surface area (Å²) in [6.07, 6.45) is 10.2. The van der Waals surface area contributed by atoms with Gasteiger partial charge in [-0.2, -0.15) is 0 Å². The SMILES string of the molecule is CC[C@H]1CCCCN1C[C@@H](O)CN.CC[C@H]1CCCCN1C[C@@H](O)CNS(=O)(=O)c1cccc2cccnc12. The van der Waals surface area contributed by atoms with Gasteiger partial charge in [0.25, 0.3) is 0 Å². The number of aliphatic hydroxyl groups is 2. The Hall–Kier alpha value is -1.66. The highest BCUT2D eigenvalue weighted by molar-refractivity contribution is 7.89. The largest absolute Gasteiger partial charge is 0.390 e. The van der Waals surface area contributed by atoms with E-state index in [9.17, 15) is 18.6 Å². The van der Waals surface area contributed by atoms with E-state index in [1.807, 2.05) is 12.1 Å². The summed E-state index contributed by atoms with van der Waals surface area (Å²) in [4.78, 5) is 9.01. The first-order valence-electron chi connectivity index (χ1n) is 14.7. The number of pyridine rings is 1. The Labute approximate surface area is 234 Å². The molecule has 0 radical (unpaired) electrons. The highest BCUT2D eigenvalue weighted by Gasteiger charge is 2.25. The Kier molecular flexibility index (Phi) is 13.0. The number of hydrogen-bond acceptors (Lipinski definition) is 8. The summed E-state index contributed by atoms with van der Waals surface area (Å²) in [5.41, 5.74) is 5.84. The Morgan fingerprint density at radius 1 is 0.949 bits per heavy atom. The molecule has 0 spiro atoms. The van der Waals surface area contributed by atoms with E-state index in [1.54, 1.807) is 24.4 Å². The molecule has 0 saturated carbocycles. The third-order valence-corrected chi connectivity index (χ3v) is 9.45. The number of nitrogens with one attached hydrogen (secondary N) is 1. The summed E-state index contributed by atoms with van der Waals surface area (Å²) in [7, 11) is -3.73. The second kappa shape index (κ2) is 16.0. The van der Waals surface area contributed by atoms with E-state index in [2.05, 4.69) is 33.4 Å². The maximum Gasteiger partial charge on any atom is 0.242 e. The maximum absolute atomic E-state index is 12.7. The molecule has 0 unspecified atom stereocenters. The molecular formula is C29H49N5O4S. The third kappa shape index (κ3) is 9.45. The monoisotopic (exact) mass is 563 g/mol. The standard InChI is InChI=1S/C19H27N3O3S.C10H22N2O/c1-2-16-9-3-4-12-22(16)14-17(23)13-21-26(24,25)18-10-5-7-15-8-6-11-20-19(15)18;1-2-9-5-3-4-6-12(9)8-10(13)7-11/h5-8,10-11,16-17,21,23H,2-4,9,12-14H2,1H3;9-10,13H,2-8,11H2,1H3/t16-,17-;9-,10-/m00/s1.